The van der Waals surface area contributed by atoms with Crippen LogP contribution in [0.2, 0.25) is 0 Å². The van der Waals surface area contributed by atoms with E-state index in [1.807, 2.05) is 30.3 Å². The predicted octanol–water partition coefficient (Wildman–Crippen LogP) is 2.63. The van der Waals surface area contributed by atoms with Gasteiger partial charge < -0.3 is 42.6 Å². The molecule has 0 aromatic heterocycles. The number of esters is 1. The van der Waals surface area contributed by atoms with E-state index in [1.54, 1.807) is 13.8 Å². The summed E-state index contributed by atoms with van der Waals surface area (Å²) in [6.45, 7) is 3.09. The molecule has 0 saturated carbocycles. The molecule has 1 aromatic carbocycles. The standard InChI is InChI=1S/C24H30N6O10/c1-24(2)39-18-14(36-21(28-30-26)20(18)40-24)10-35-23-16(27-29-25)19(33-11-15(31)32-3)17-13(37-23)9-34-22(38-17)12-7-5-4-6-8-12/h4-8,13-14,16-23H,9-11H2,1-3H3/t13?,14-,16?,17-,18-,19-,20?,21?,22?,23-/m1/s1. The lowest BCUT2D eigenvalue weighted by molar-refractivity contribution is -0.347. The fraction of sp³-hybridized carbons (Fsp3) is 0.708. The van der Waals surface area contributed by atoms with Crippen LogP contribution in [0.3, 0.4) is 0 Å². The Balaban J connectivity index is 1.34. The highest BCUT2D eigenvalue weighted by atomic mass is 16.8. The number of carbonyl (C=O) groups excluding carboxylic acids is 1. The molecule has 4 fully saturated rings. The van der Waals surface area contributed by atoms with Crippen molar-refractivity contribution in [2.45, 2.75) is 81.1 Å². The van der Waals surface area contributed by atoms with Gasteiger partial charge in [-0.15, -0.1) is 0 Å². The quantitative estimate of drug-likeness (QED) is 0.187. The molecule has 5 unspecified atom stereocenters. The van der Waals surface area contributed by atoms with Crippen molar-refractivity contribution in [1.29, 1.82) is 0 Å². The molecule has 4 saturated heterocycles. The average molecular weight is 563 g/mol. The molecule has 0 N–H and O–H groups in total. The van der Waals surface area contributed by atoms with Crippen molar-refractivity contribution in [3.05, 3.63) is 56.8 Å². The van der Waals surface area contributed by atoms with Crippen molar-refractivity contribution >= 4 is 5.97 Å². The minimum Gasteiger partial charge on any atom is -0.467 e. The molecule has 0 amide bonds. The zero-order valence-corrected chi connectivity index (χ0v) is 22.0. The Kier molecular flexibility index (Phi) is 8.73. The Hall–Kier alpha value is -3.01. The molecule has 216 valence electrons. The first-order valence-corrected chi connectivity index (χ1v) is 12.7. The topological polar surface area (TPSA) is 198 Å². The number of nitrogens with zero attached hydrogens (tertiary/aromatic N) is 6. The molecule has 4 aliphatic rings. The summed E-state index contributed by atoms with van der Waals surface area (Å²) in [5.41, 5.74) is 19.1. The molecular formula is C24H30N6O10. The van der Waals surface area contributed by atoms with Gasteiger partial charge >= 0.3 is 5.97 Å². The second-order valence-electron chi connectivity index (χ2n) is 9.93. The summed E-state index contributed by atoms with van der Waals surface area (Å²) in [5, 5.41) is 7.56. The van der Waals surface area contributed by atoms with E-state index in [4.69, 9.17) is 48.2 Å². The van der Waals surface area contributed by atoms with Crippen LogP contribution < -0.4 is 0 Å². The second-order valence-corrected chi connectivity index (χ2v) is 9.93. The van der Waals surface area contributed by atoms with Crippen LogP contribution in [-0.4, -0.2) is 93.9 Å². The number of carbonyl (C=O) groups is 1. The Morgan fingerprint density at radius 3 is 2.50 bits per heavy atom. The molecule has 0 spiro atoms. The third kappa shape index (κ3) is 6.01. The Morgan fingerprint density at radius 2 is 1.77 bits per heavy atom. The number of ether oxygens (including phenoxy) is 9. The van der Waals surface area contributed by atoms with E-state index in [-0.39, 0.29) is 13.2 Å². The van der Waals surface area contributed by atoms with E-state index in [9.17, 15) is 10.3 Å². The lowest BCUT2D eigenvalue weighted by Gasteiger charge is -2.48. The van der Waals surface area contributed by atoms with E-state index < -0.39 is 79.8 Å². The molecule has 5 rings (SSSR count). The van der Waals surface area contributed by atoms with Crippen LogP contribution in [0.25, 0.3) is 20.9 Å². The smallest absolute Gasteiger partial charge is 0.331 e. The van der Waals surface area contributed by atoms with Crippen LogP contribution in [-0.2, 0) is 47.4 Å². The highest BCUT2D eigenvalue weighted by Gasteiger charge is 2.56. The third-order valence-corrected chi connectivity index (χ3v) is 6.90. The number of fused-ring (bicyclic) bond motifs is 2. The fourth-order valence-corrected chi connectivity index (χ4v) is 5.20. The number of methoxy groups -OCH3 is 1. The van der Waals surface area contributed by atoms with Crippen molar-refractivity contribution in [2.24, 2.45) is 10.2 Å². The summed E-state index contributed by atoms with van der Waals surface area (Å²) in [6.07, 6.45) is -7.09. The summed E-state index contributed by atoms with van der Waals surface area (Å²) in [7, 11) is 1.24. The number of benzene rings is 1. The summed E-state index contributed by atoms with van der Waals surface area (Å²) >= 11 is 0. The molecule has 16 heteroatoms. The Morgan fingerprint density at radius 1 is 1.02 bits per heavy atom. The van der Waals surface area contributed by atoms with Crippen molar-refractivity contribution < 1.29 is 47.4 Å². The molecule has 4 aliphatic heterocycles. The molecule has 0 bridgehead atoms. The van der Waals surface area contributed by atoms with Gasteiger partial charge in [0.2, 0.25) is 0 Å². The van der Waals surface area contributed by atoms with Gasteiger partial charge in [-0.2, -0.15) is 0 Å². The third-order valence-electron chi connectivity index (χ3n) is 6.90. The van der Waals surface area contributed by atoms with Crippen LogP contribution >= 0.6 is 0 Å². The molecule has 40 heavy (non-hydrogen) atoms. The van der Waals surface area contributed by atoms with Gasteiger partial charge in [0.1, 0.15) is 49.3 Å². The van der Waals surface area contributed by atoms with Gasteiger partial charge in [-0.3, -0.25) is 0 Å². The van der Waals surface area contributed by atoms with Crippen molar-refractivity contribution in [2.75, 3.05) is 26.9 Å². The highest BCUT2D eigenvalue weighted by Crippen LogP contribution is 2.41. The summed E-state index contributed by atoms with van der Waals surface area (Å²) in [5.74, 6) is -1.54. The first-order chi connectivity index (χ1) is 19.3. The predicted molar refractivity (Wildman–Crippen MR) is 131 cm³/mol. The molecule has 0 aliphatic carbocycles. The van der Waals surface area contributed by atoms with Gasteiger partial charge in [0.25, 0.3) is 0 Å². The molecule has 4 heterocycles. The van der Waals surface area contributed by atoms with E-state index in [0.717, 1.165) is 5.56 Å². The van der Waals surface area contributed by atoms with Gasteiger partial charge in [0.15, 0.2) is 24.6 Å². The Bertz CT molecular complexity index is 1150. The molecular weight excluding hydrogens is 532 g/mol. The number of azide groups is 2. The zero-order valence-electron chi connectivity index (χ0n) is 22.0. The van der Waals surface area contributed by atoms with Crippen LogP contribution in [0, 0.1) is 0 Å². The molecule has 1 aromatic rings. The number of rotatable bonds is 9. The average Bonchev–Trinajstić information content (AvgIpc) is 3.44. The maximum absolute atomic E-state index is 11.9. The summed E-state index contributed by atoms with van der Waals surface area (Å²) < 4.78 is 52.6. The SMILES string of the molecule is COC(=O)CO[C@@H]1C(N=[N+]=[N-])[C@H](OC[C@H]2OC(N=[N+]=[N-])C3OC(C)(C)O[C@@H]32)OC2COC(c3ccccc3)O[C@H]21. The summed E-state index contributed by atoms with van der Waals surface area (Å²) in [6, 6.07) is 8.22. The van der Waals surface area contributed by atoms with Gasteiger partial charge in [0, 0.05) is 15.4 Å². The van der Waals surface area contributed by atoms with Crippen LogP contribution in [0.15, 0.2) is 40.6 Å². The van der Waals surface area contributed by atoms with E-state index in [2.05, 4.69) is 20.1 Å². The Labute approximate surface area is 228 Å². The second kappa shape index (κ2) is 12.2. The normalized spacial score (nSPS) is 37.9. The molecule has 10 atom stereocenters. The van der Waals surface area contributed by atoms with Crippen molar-refractivity contribution in [1.82, 2.24) is 0 Å². The highest BCUT2D eigenvalue weighted by molar-refractivity contribution is 5.70. The van der Waals surface area contributed by atoms with Crippen molar-refractivity contribution in [3.8, 4) is 0 Å². The van der Waals surface area contributed by atoms with Crippen LogP contribution in [0.4, 0.5) is 0 Å². The van der Waals surface area contributed by atoms with E-state index in [0.29, 0.717) is 0 Å². The van der Waals surface area contributed by atoms with Gasteiger partial charge in [-0.25, -0.2) is 4.79 Å². The minimum absolute atomic E-state index is 0.0877. The minimum atomic E-state index is -1.13. The largest absolute Gasteiger partial charge is 0.467 e. The van der Waals surface area contributed by atoms with Crippen LogP contribution in [0.5, 0.6) is 0 Å². The number of hydrogen-bond donors (Lipinski definition) is 0. The first-order valence-electron chi connectivity index (χ1n) is 12.7. The molecule has 16 nitrogen and oxygen atoms in total. The zero-order chi connectivity index (χ0) is 28.3. The van der Waals surface area contributed by atoms with Gasteiger partial charge in [-0.1, -0.05) is 40.6 Å². The molecule has 0 radical (unpaired) electrons. The van der Waals surface area contributed by atoms with Gasteiger partial charge in [0.05, 0.1) is 20.3 Å². The van der Waals surface area contributed by atoms with E-state index in [1.165, 1.54) is 7.11 Å². The van der Waals surface area contributed by atoms with Gasteiger partial charge in [-0.05, 0) is 24.9 Å². The fourth-order valence-electron chi connectivity index (χ4n) is 5.20. The monoisotopic (exact) mass is 562 g/mol. The van der Waals surface area contributed by atoms with E-state index >= 15 is 0 Å². The maximum atomic E-state index is 11.9. The lowest BCUT2D eigenvalue weighted by Crippen LogP contribution is -2.62. The maximum Gasteiger partial charge on any atom is 0.331 e. The summed E-state index contributed by atoms with van der Waals surface area (Å²) in [4.78, 5) is 17.7. The van der Waals surface area contributed by atoms with Crippen LogP contribution in [0.1, 0.15) is 25.7 Å². The lowest BCUT2D eigenvalue weighted by atomic mass is 9.96. The number of hydrogen-bond acceptors (Lipinski definition) is 12. The first kappa shape index (κ1) is 28.5. The van der Waals surface area contributed by atoms with Crippen molar-refractivity contribution in [3.63, 3.8) is 0 Å².